The van der Waals surface area contributed by atoms with Gasteiger partial charge in [-0.25, -0.2) is 0 Å². The van der Waals surface area contributed by atoms with Gasteiger partial charge in [-0.3, -0.25) is 0 Å². The Kier molecular flexibility index (Phi) is 16.9. The van der Waals surface area contributed by atoms with E-state index in [1.165, 1.54) is 64.2 Å². The highest BCUT2D eigenvalue weighted by molar-refractivity contribution is 4.86. The van der Waals surface area contributed by atoms with Gasteiger partial charge in [-0.1, -0.05) is 89.1 Å². The number of unbranched alkanes of at least 4 members (excludes halogenated alkanes) is 11. The van der Waals surface area contributed by atoms with Gasteiger partial charge < -0.3 is 24.1 Å². The largest absolute Gasteiger partial charge is 0.390 e. The monoisotopic (exact) mass is 513 g/mol. The summed E-state index contributed by atoms with van der Waals surface area (Å²) in [6, 6.07) is -0.628. The highest BCUT2D eigenvalue weighted by Crippen LogP contribution is 2.24. The van der Waals surface area contributed by atoms with Crippen molar-refractivity contribution in [2.45, 2.75) is 161 Å². The molecule has 0 radical (unpaired) electrons. The average Bonchev–Trinajstić information content (AvgIpc) is 3.15. The van der Waals surface area contributed by atoms with Crippen LogP contribution in [0, 0.1) is 0 Å². The molecule has 0 unspecified atom stereocenters. The maximum atomic E-state index is 11.0. The molecule has 0 aliphatic carbocycles. The van der Waals surface area contributed by atoms with Crippen LogP contribution in [-0.2, 0) is 18.9 Å². The van der Waals surface area contributed by atoms with E-state index >= 15 is 0 Å². The number of hydrogen-bond acceptors (Lipinski definition) is 6. The molecule has 0 aromatic carbocycles. The second-order valence-electron chi connectivity index (χ2n) is 11.7. The quantitative estimate of drug-likeness (QED) is 0.0741. The van der Waals surface area contributed by atoms with E-state index in [0.29, 0.717) is 19.6 Å². The summed E-state index contributed by atoms with van der Waals surface area (Å²) in [7, 11) is 0. The van der Waals surface area contributed by atoms with Gasteiger partial charge in [0.2, 0.25) is 0 Å². The summed E-state index contributed by atoms with van der Waals surface area (Å²) in [5.74, 6) is -0.611. The Morgan fingerprint density at radius 1 is 1.00 bits per heavy atom. The fourth-order valence-corrected chi connectivity index (χ4v) is 4.61. The lowest BCUT2D eigenvalue weighted by molar-refractivity contribution is -0.149. The van der Waals surface area contributed by atoms with Crippen molar-refractivity contribution in [2.75, 3.05) is 19.8 Å². The van der Waals surface area contributed by atoms with E-state index in [9.17, 15) is 5.11 Å². The predicted molar refractivity (Wildman–Crippen MR) is 145 cm³/mol. The molecule has 1 heterocycles. The topological polar surface area (TPSA) is 106 Å². The van der Waals surface area contributed by atoms with Gasteiger partial charge in [0, 0.05) is 4.91 Å². The molecule has 4 atom stereocenters. The van der Waals surface area contributed by atoms with Crippen LogP contribution in [0.3, 0.4) is 0 Å². The van der Waals surface area contributed by atoms with Crippen molar-refractivity contribution in [1.82, 2.24) is 0 Å². The van der Waals surface area contributed by atoms with Crippen LogP contribution in [0.4, 0.5) is 0 Å². The van der Waals surface area contributed by atoms with Crippen molar-refractivity contribution in [3.63, 3.8) is 0 Å². The van der Waals surface area contributed by atoms with Gasteiger partial charge in [-0.15, -0.1) is 0 Å². The summed E-state index contributed by atoms with van der Waals surface area (Å²) in [5, 5.41) is 14.9. The second-order valence-corrected chi connectivity index (χ2v) is 11.7. The van der Waals surface area contributed by atoms with Gasteiger partial charge in [0.05, 0.1) is 43.7 Å². The third-order valence-corrected chi connectivity index (χ3v) is 6.46. The van der Waals surface area contributed by atoms with Crippen LogP contribution >= 0.6 is 0 Å². The molecule has 0 spiro atoms. The van der Waals surface area contributed by atoms with Gasteiger partial charge >= 0.3 is 0 Å². The zero-order chi connectivity index (χ0) is 26.9. The molecule has 0 saturated carbocycles. The maximum absolute atomic E-state index is 11.0. The third-order valence-electron chi connectivity index (χ3n) is 6.46. The molecule has 1 aliphatic rings. The molecule has 1 aliphatic heterocycles. The number of nitrogens with zero attached hydrogens (tertiary/aromatic N) is 3. The van der Waals surface area contributed by atoms with Crippen LogP contribution in [0.2, 0.25) is 0 Å². The van der Waals surface area contributed by atoms with Crippen molar-refractivity contribution in [1.29, 1.82) is 0 Å². The van der Waals surface area contributed by atoms with E-state index in [4.69, 9.17) is 24.5 Å². The van der Waals surface area contributed by atoms with Gasteiger partial charge in [-0.2, -0.15) is 0 Å². The van der Waals surface area contributed by atoms with Crippen LogP contribution in [0.5, 0.6) is 0 Å². The third kappa shape index (κ3) is 16.1. The SMILES string of the molecule is CCCCCCCCCCCCCC[C@@H](O)[C@@H](OC(C)(C)C)[C@H](COC[C@H]1COC(C)(C)O1)N=[N+]=[N-]. The molecule has 36 heavy (non-hydrogen) atoms. The molecular weight excluding hydrogens is 458 g/mol. The van der Waals surface area contributed by atoms with Crippen molar-refractivity contribution in [3.05, 3.63) is 10.4 Å². The Morgan fingerprint density at radius 2 is 1.56 bits per heavy atom. The predicted octanol–water partition coefficient (Wildman–Crippen LogP) is 7.47. The van der Waals surface area contributed by atoms with Gasteiger partial charge in [0.25, 0.3) is 0 Å². The highest BCUT2D eigenvalue weighted by Gasteiger charge is 2.35. The zero-order valence-electron chi connectivity index (χ0n) is 24.0. The zero-order valence-corrected chi connectivity index (χ0v) is 24.0. The average molecular weight is 514 g/mol. The first-order chi connectivity index (χ1) is 17.1. The van der Waals surface area contributed by atoms with Crippen molar-refractivity contribution >= 4 is 0 Å². The summed E-state index contributed by atoms with van der Waals surface area (Å²) in [6.45, 7) is 12.8. The number of aliphatic hydroxyl groups excluding tert-OH is 1. The molecule has 1 rings (SSSR count). The molecule has 0 amide bonds. The van der Waals surface area contributed by atoms with Crippen LogP contribution < -0.4 is 0 Å². The fourth-order valence-electron chi connectivity index (χ4n) is 4.61. The summed E-state index contributed by atoms with van der Waals surface area (Å²) in [4.78, 5) is 3.01. The number of rotatable bonds is 21. The van der Waals surface area contributed by atoms with Crippen molar-refractivity contribution in [3.8, 4) is 0 Å². The lowest BCUT2D eigenvalue weighted by Gasteiger charge is -2.34. The molecule has 0 bridgehead atoms. The van der Waals surface area contributed by atoms with Gasteiger partial charge in [-0.05, 0) is 46.6 Å². The molecule has 8 nitrogen and oxygen atoms in total. The smallest absolute Gasteiger partial charge is 0.163 e. The molecule has 1 N–H and O–H groups in total. The molecule has 8 heteroatoms. The molecule has 1 fully saturated rings. The first-order valence-electron chi connectivity index (χ1n) is 14.4. The number of hydrogen-bond donors (Lipinski definition) is 1. The Bertz CT molecular complexity index is 604. The number of ether oxygens (including phenoxy) is 4. The van der Waals surface area contributed by atoms with Gasteiger partial charge in [0.15, 0.2) is 5.79 Å². The highest BCUT2D eigenvalue weighted by atomic mass is 16.7. The molecule has 1 saturated heterocycles. The van der Waals surface area contributed by atoms with Crippen LogP contribution in [0.15, 0.2) is 5.11 Å². The van der Waals surface area contributed by atoms with E-state index in [1.54, 1.807) is 0 Å². The van der Waals surface area contributed by atoms with Crippen molar-refractivity contribution < 1.29 is 24.1 Å². The Hall–Kier alpha value is -0.890. The summed E-state index contributed by atoms with van der Waals surface area (Å²) >= 11 is 0. The summed E-state index contributed by atoms with van der Waals surface area (Å²) in [5.41, 5.74) is 8.67. The summed E-state index contributed by atoms with van der Waals surface area (Å²) in [6.07, 6.45) is 14.4. The minimum absolute atomic E-state index is 0.153. The molecule has 0 aromatic rings. The van der Waals surface area contributed by atoms with E-state index in [-0.39, 0.29) is 12.7 Å². The first-order valence-corrected chi connectivity index (χ1v) is 14.4. The number of azide groups is 1. The Labute approximate surface area is 220 Å². The lowest BCUT2D eigenvalue weighted by Crippen LogP contribution is -2.45. The second kappa shape index (κ2) is 18.4. The van der Waals surface area contributed by atoms with Crippen LogP contribution in [-0.4, -0.2) is 60.7 Å². The fraction of sp³-hybridized carbons (Fsp3) is 1.00. The van der Waals surface area contributed by atoms with Crippen LogP contribution in [0.1, 0.15) is 125 Å². The normalized spacial score (nSPS) is 20.1. The number of aliphatic hydroxyl groups is 1. The van der Waals surface area contributed by atoms with E-state index in [1.807, 2.05) is 34.6 Å². The molecular formula is C28H55N3O5. The Morgan fingerprint density at radius 3 is 2.03 bits per heavy atom. The van der Waals surface area contributed by atoms with Crippen LogP contribution in [0.25, 0.3) is 10.4 Å². The minimum atomic E-state index is -0.726. The standard InChI is InChI=1S/C28H55N3O5/c1-7-8-9-10-11-12-13-14-15-16-17-18-19-25(32)26(36-27(2,3)4)24(30-31-29)22-33-20-23-21-34-28(5,6)35-23/h23-26,32H,7-22H2,1-6H3/t23-,24-,25+,26-/m0/s1. The maximum Gasteiger partial charge on any atom is 0.163 e. The minimum Gasteiger partial charge on any atom is -0.390 e. The Balaban J connectivity index is 2.39. The molecule has 0 aromatic heterocycles. The molecule has 212 valence electrons. The van der Waals surface area contributed by atoms with E-state index in [0.717, 1.165) is 12.8 Å². The lowest BCUT2D eigenvalue weighted by atomic mass is 9.98. The first kappa shape index (κ1) is 33.1. The van der Waals surface area contributed by atoms with E-state index < -0.39 is 29.6 Å². The van der Waals surface area contributed by atoms with Crippen molar-refractivity contribution in [2.24, 2.45) is 5.11 Å². The summed E-state index contributed by atoms with van der Waals surface area (Å²) < 4.78 is 23.3. The van der Waals surface area contributed by atoms with E-state index in [2.05, 4.69) is 16.9 Å². The van der Waals surface area contributed by atoms with Gasteiger partial charge in [0.1, 0.15) is 6.10 Å².